The molecule has 1 aliphatic carbocycles. The zero-order chi connectivity index (χ0) is 17.1. The molecule has 2 unspecified atom stereocenters. The van der Waals surface area contributed by atoms with E-state index in [0.717, 1.165) is 51.4 Å². The van der Waals surface area contributed by atoms with Crippen molar-refractivity contribution in [3.05, 3.63) is 12.2 Å². The number of carboxylic acid groups (broad SMARTS) is 1. The van der Waals surface area contributed by atoms with Gasteiger partial charge in [-0.2, -0.15) is 0 Å². The Morgan fingerprint density at radius 3 is 2.65 bits per heavy atom. The molecule has 1 aliphatic rings. The summed E-state index contributed by atoms with van der Waals surface area (Å²) in [7, 11) is 0. The monoisotopic (exact) mass is 324 g/mol. The molecule has 2 N–H and O–H groups in total. The van der Waals surface area contributed by atoms with Gasteiger partial charge in [0, 0.05) is 19.3 Å². The standard InChI is InChI=1S/C19H32O4/c1-2-3-5-8-16(20)10-13-19(14-11-17(21)15-19)12-7-4-6-9-18(22)23/h10,13,16,20H,2-9,11-12,14-15H2,1H3,(H,22,23). The molecule has 0 aliphatic heterocycles. The first kappa shape index (κ1) is 19.9. The Morgan fingerprint density at radius 1 is 1.26 bits per heavy atom. The zero-order valence-corrected chi connectivity index (χ0v) is 14.4. The van der Waals surface area contributed by atoms with Crippen molar-refractivity contribution in [3.8, 4) is 0 Å². The van der Waals surface area contributed by atoms with E-state index in [1.165, 1.54) is 0 Å². The van der Waals surface area contributed by atoms with Crippen LogP contribution >= 0.6 is 0 Å². The second-order valence-electron chi connectivity index (χ2n) is 6.95. The molecule has 1 saturated carbocycles. The van der Waals surface area contributed by atoms with E-state index in [1.54, 1.807) is 0 Å². The van der Waals surface area contributed by atoms with Crippen molar-refractivity contribution in [2.75, 3.05) is 0 Å². The Balaban J connectivity index is 2.44. The Hall–Kier alpha value is -1.16. The van der Waals surface area contributed by atoms with E-state index in [1.807, 2.05) is 6.08 Å². The van der Waals surface area contributed by atoms with Gasteiger partial charge in [-0.05, 0) is 31.1 Å². The Labute approximate surface area is 140 Å². The van der Waals surface area contributed by atoms with Crippen LogP contribution in [0.25, 0.3) is 0 Å². The molecule has 1 fully saturated rings. The lowest BCUT2D eigenvalue weighted by Crippen LogP contribution is -2.15. The molecule has 0 spiro atoms. The van der Waals surface area contributed by atoms with Crippen LogP contribution in [0.3, 0.4) is 0 Å². The molecule has 4 nitrogen and oxygen atoms in total. The van der Waals surface area contributed by atoms with Gasteiger partial charge < -0.3 is 10.2 Å². The van der Waals surface area contributed by atoms with Gasteiger partial charge in [0.1, 0.15) is 5.78 Å². The van der Waals surface area contributed by atoms with E-state index in [-0.39, 0.29) is 11.8 Å². The summed E-state index contributed by atoms with van der Waals surface area (Å²) in [6.07, 6.45) is 13.4. The summed E-state index contributed by atoms with van der Waals surface area (Å²) in [5.41, 5.74) is -0.105. The van der Waals surface area contributed by atoms with Gasteiger partial charge >= 0.3 is 5.97 Å². The molecule has 23 heavy (non-hydrogen) atoms. The molecule has 0 aromatic carbocycles. The van der Waals surface area contributed by atoms with E-state index in [0.29, 0.717) is 25.0 Å². The maximum absolute atomic E-state index is 11.7. The van der Waals surface area contributed by atoms with Gasteiger partial charge in [0.2, 0.25) is 0 Å². The molecule has 2 atom stereocenters. The molecular formula is C19H32O4. The van der Waals surface area contributed by atoms with Crippen molar-refractivity contribution in [1.29, 1.82) is 0 Å². The topological polar surface area (TPSA) is 74.6 Å². The number of ketones is 1. The average Bonchev–Trinajstić information content (AvgIpc) is 2.87. The lowest BCUT2D eigenvalue weighted by Gasteiger charge is -2.24. The van der Waals surface area contributed by atoms with E-state index >= 15 is 0 Å². The summed E-state index contributed by atoms with van der Waals surface area (Å²) < 4.78 is 0. The highest BCUT2D eigenvalue weighted by atomic mass is 16.4. The zero-order valence-electron chi connectivity index (χ0n) is 14.4. The lowest BCUT2D eigenvalue weighted by molar-refractivity contribution is -0.137. The lowest BCUT2D eigenvalue weighted by atomic mass is 9.80. The molecule has 0 bridgehead atoms. The van der Waals surface area contributed by atoms with Crippen LogP contribution in [-0.2, 0) is 9.59 Å². The molecule has 0 aromatic rings. The van der Waals surface area contributed by atoms with Crippen molar-refractivity contribution in [3.63, 3.8) is 0 Å². The van der Waals surface area contributed by atoms with Crippen molar-refractivity contribution >= 4 is 11.8 Å². The van der Waals surface area contributed by atoms with Crippen LogP contribution in [0.2, 0.25) is 0 Å². The number of aliphatic carboxylic acids is 1. The third-order valence-corrected chi connectivity index (χ3v) is 4.79. The number of carbonyl (C=O) groups is 2. The highest BCUT2D eigenvalue weighted by Gasteiger charge is 2.35. The largest absolute Gasteiger partial charge is 0.481 e. The molecule has 0 heterocycles. The first-order valence-electron chi connectivity index (χ1n) is 9.08. The van der Waals surface area contributed by atoms with Gasteiger partial charge in [-0.3, -0.25) is 9.59 Å². The second-order valence-corrected chi connectivity index (χ2v) is 6.95. The molecule has 0 radical (unpaired) electrons. The van der Waals surface area contributed by atoms with Gasteiger partial charge in [-0.1, -0.05) is 51.2 Å². The molecule has 1 rings (SSSR count). The summed E-state index contributed by atoms with van der Waals surface area (Å²) in [6.45, 7) is 2.14. The van der Waals surface area contributed by atoms with Crippen molar-refractivity contribution in [2.45, 2.75) is 90.1 Å². The molecule has 132 valence electrons. The number of unbranched alkanes of at least 4 members (excludes halogenated alkanes) is 4. The number of Topliss-reactive ketones (excluding diaryl/α,β-unsaturated/α-hetero) is 1. The number of carbonyl (C=O) groups excluding carboxylic acids is 1. The minimum atomic E-state index is -0.745. The molecule has 0 aromatic heterocycles. The molecule has 0 amide bonds. The van der Waals surface area contributed by atoms with Crippen LogP contribution in [0.15, 0.2) is 12.2 Å². The summed E-state index contributed by atoms with van der Waals surface area (Å²) in [6, 6.07) is 0. The van der Waals surface area contributed by atoms with Crippen molar-refractivity contribution in [1.82, 2.24) is 0 Å². The van der Waals surface area contributed by atoms with E-state index in [9.17, 15) is 14.7 Å². The van der Waals surface area contributed by atoms with E-state index in [4.69, 9.17) is 5.11 Å². The van der Waals surface area contributed by atoms with Crippen LogP contribution in [0, 0.1) is 5.41 Å². The third kappa shape index (κ3) is 8.31. The number of allylic oxidation sites excluding steroid dienone is 1. The Kier molecular flexibility index (Phi) is 9.15. The minimum absolute atomic E-state index is 0.105. The molecular weight excluding hydrogens is 292 g/mol. The number of carboxylic acids is 1. The number of hydrogen-bond donors (Lipinski definition) is 2. The van der Waals surface area contributed by atoms with Gasteiger partial charge in [0.15, 0.2) is 0 Å². The van der Waals surface area contributed by atoms with Crippen molar-refractivity contribution < 1.29 is 19.8 Å². The first-order chi connectivity index (χ1) is 11.0. The maximum Gasteiger partial charge on any atom is 0.303 e. The number of hydrogen-bond acceptors (Lipinski definition) is 3. The fourth-order valence-electron chi connectivity index (χ4n) is 3.34. The van der Waals surface area contributed by atoms with Crippen LogP contribution < -0.4 is 0 Å². The quantitative estimate of drug-likeness (QED) is 0.415. The summed E-state index contributed by atoms with van der Waals surface area (Å²) in [5, 5.41) is 18.7. The number of rotatable bonds is 12. The fourth-order valence-corrected chi connectivity index (χ4v) is 3.34. The van der Waals surface area contributed by atoms with Gasteiger partial charge in [0.25, 0.3) is 0 Å². The van der Waals surface area contributed by atoms with Gasteiger partial charge in [-0.25, -0.2) is 0 Å². The Bertz CT molecular complexity index is 402. The van der Waals surface area contributed by atoms with Gasteiger partial charge in [-0.15, -0.1) is 0 Å². The number of aliphatic hydroxyl groups is 1. The highest BCUT2D eigenvalue weighted by molar-refractivity contribution is 5.81. The van der Waals surface area contributed by atoms with Crippen LogP contribution in [0.1, 0.15) is 84.0 Å². The minimum Gasteiger partial charge on any atom is -0.481 e. The highest BCUT2D eigenvalue weighted by Crippen LogP contribution is 2.42. The molecule has 0 saturated heterocycles. The summed E-state index contributed by atoms with van der Waals surface area (Å²) in [4.78, 5) is 22.2. The smallest absolute Gasteiger partial charge is 0.303 e. The average molecular weight is 324 g/mol. The first-order valence-corrected chi connectivity index (χ1v) is 9.08. The normalized spacial score (nSPS) is 22.8. The predicted octanol–water partition coefficient (Wildman–Crippen LogP) is 4.26. The predicted molar refractivity (Wildman–Crippen MR) is 91.3 cm³/mol. The van der Waals surface area contributed by atoms with E-state index < -0.39 is 12.1 Å². The third-order valence-electron chi connectivity index (χ3n) is 4.79. The summed E-state index contributed by atoms with van der Waals surface area (Å²) in [5.74, 6) is -0.438. The fraction of sp³-hybridized carbons (Fsp3) is 0.789. The second kappa shape index (κ2) is 10.6. The van der Waals surface area contributed by atoms with Crippen LogP contribution in [0.5, 0.6) is 0 Å². The summed E-state index contributed by atoms with van der Waals surface area (Å²) >= 11 is 0. The van der Waals surface area contributed by atoms with Crippen LogP contribution in [-0.4, -0.2) is 28.1 Å². The SMILES string of the molecule is CCCCCC(O)C=CC1(CCCCCC(=O)O)CCC(=O)C1. The van der Waals surface area contributed by atoms with Gasteiger partial charge in [0.05, 0.1) is 6.10 Å². The number of aliphatic hydroxyl groups excluding tert-OH is 1. The maximum atomic E-state index is 11.7. The Morgan fingerprint density at radius 2 is 2.04 bits per heavy atom. The van der Waals surface area contributed by atoms with Crippen molar-refractivity contribution in [2.24, 2.45) is 5.41 Å². The molecule has 4 heteroatoms. The van der Waals surface area contributed by atoms with E-state index in [2.05, 4.69) is 13.0 Å². The van der Waals surface area contributed by atoms with Crippen LogP contribution in [0.4, 0.5) is 0 Å².